The summed E-state index contributed by atoms with van der Waals surface area (Å²) in [7, 11) is 3.97. The lowest BCUT2D eigenvalue weighted by atomic mass is 10.4. The minimum absolute atomic E-state index is 0.980. The quantitative estimate of drug-likeness (QED) is 0.458. The van der Waals surface area contributed by atoms with Crippen molar-refractivity contribution in [3.8, 4) is 0 Å². The minimum atomic E-state index is 0.980. The van der Waals surface area contributed by atoms with Crippen LogP contribution in [0.1, 0.15) is 12.8 Å². The molecule has 14 heavy (non-hydrogen) atoms. The lowest BCUT2D eigenvalue weighted by molar-refractivity contribution is 0.909. The van der Waals surface area contributed by atoms with Gasteiger partial charge in [-0.3, -0.25) is 0 Å². The fourth-order valence-electron chi connectivity index (χ4n) is 0.798. The van der Waals surface area contributed by atoms with Gasteiger partial charge in [-0.05, 0) is 12.8 Å². The van der Waals surface area contributed by atoms with E-state index >= 15 is 0 Å². The van der Waals surface area contributed by atoms with E-state index in [0.29, 0.717) is 0 Å². The fraction of sp³-hybridized carbons (Fsp3) is 0.750. The molecule has 0 aromatic carbocycles. The van der Waals surface area contributed by atoms with Crippen LogP contribution in [0.3, 0.4) is 0 Å². The van der Waals surface area contributed by atoms with E-state index in [9.17, 15) is 0 Å². The number of aromatic nitrogens is 2. The van der Waals surface area contributed by atoms with Crippen molar-refractivity contribution in [2.24, 2.45) is 0 Å². The molecule has 6 heteroatoms. The molecule has 0 aliphatic heterocycles. The van der Waals surface area contributed by atoms with Crippen LogP contribution in [0.15, 0.2) is 4.34 Å². The highest BCUT2D eigenvalue weighted by Crippen LogP contribution is 2.27. The maximum Gasteiger partial charge on any atom is 0.208 e. The SMILES string of the molecule is CN(C)c1nnc(SCCCCBr)s1. The summed E-state index contributed by atoms with van der Waals surface area (Å²) in [4.78, 5) is 1.99. The third-order valence-electron chi connectivity index (χ3n) is 1.53. The first-order valence-corrected chi connectivity index (χ1v) is 7.36. The van der Waals surface area contributed by atoms with Crippen LogP contribution >= 0.6 is 39.0 Å². The summed E-state index contributed by atoms with van der Waals surface area (Å²) >= 11 is 6.87. The predicted octanol–water partition coefficient (Wildman–Crippen LogP) is 2.87. The molecular formula is C8H14BrN3S2. The van der Waals surface area contributed by atoms with Gasteiger partial charge in [-0.2, -0.15) is 0 Å². The van der Waals surface area contributed by atoms with Crippen molar-refractivity contribution in [2.45, 2.75) is 17.2 Å². The van der Waals surface area contributed by atoms with Crippen molar-refractivity contribution in [1.82, 2.24) is 10.2 Å². The maximum atomic E-state index is 4.11. The molecule has 1 rings (SSSR count). The number of unbranched alkanes of at least 4 members (excludes halogenated alkanes) is 1. The van der Waals surface area contributed by atoms with Crippen LogP contribution in [-0.2, 0) is 0 Å². The number of anilines is 1. The van der Waals surface area contributed by atoms with Gasteiger partial charge < -0.3 is 4.90 Å². The highest BCUT2D eigenvalue weighted by Gasteiger charge is 2.05. The Hall–Kier alpha value is 0.190. The molecule has 0 bridgehead atoms. The number of thioether (sulfide) groups is 1. The molecule has 0 aliphatic carbocycles. The average Bonchev–Trinajstić information content (AvgIpc) is 2.61. The standard InChI is InChI=1S/C8H14BrN3S2/c1-12(2)7-10-11-8(14-7)13-6-4-3-5-9/h3-6H2,1-2H3. The molecule has 0 atom stereocenters. The second kappa shape index (κ2) is 6.63. The summed E-state index contributed by atoms with van der Waals surface area (Å²) in [5.41, 5.74) is 0. The first kappa shape index (κ1) is 12.3. The number of nitrogens with zero attached hydrogens (tertiary/aromatic N) is 3. The molecule has 0 unspecified atom stereocenters. The molecule has 80 valence electrons. The van der Waals surface area contributed by atoms with Crippen LogP contribution in [-0.4, -0.2) is 35.4 Å². The number of hydrogen-bond donors (Lipinski definition) is 0. The Morgan fingerprint density at radius 3 is 2.71 bits per heavy atom. The predicted molar refractivity (Wildman–Crippen MR) is 68.0 cm³/mol. The molecule has 0 fully saturated rings. The number of rotatable bonds is 6. The normalized spacial score (nSPS) is 10.5. The van der Waals surface area contributed by atoms with Gasteiger partial charge in [-0.1, -0.05) is 39.0 Å². The Morgan fingerprint density at radius 1 is 1.36 bits per heavy atom. The van der Waals surface area contributed by atoms with Crippen molar-refractivity contribution in [3.63, 3.8) is 0 Å². The Bertz CT molecular complexity index is 265. The smallest absolute Gasteiger partial charge is 0.208 e. The van der Waals surface area contributed by atoms with Crippen LogP contribution < -0.4 is 4.90 Å². The van der Waals surface area contributed by atoms with Gasteiger partial charge in [0, 0.05) is 25.2 Å². The van der Waals surface area contributed by atoms with Crippen molar-refractivity contribution in [3.05, 3.63) is 0 Å². The molecule has 0 N–H and O–H groups in total. The molecule has 0 aliphatic rings. The van der Waals surface area contributed by atoms with Gasteiger partial charge in [-0.25, -0.2) is 0 Å². The average molecular weight is 296 g/mol. The van der Waals surface area contributed by atoms with Crippen LogP contribution in [0, 0.1) is 0 Å². The summed E-state index contributed by atoms with van der Waals surface area (Å²) in [5, 5.41) is 10.3. The van der Waals surface area contributed by atoms with Gasteiger partial charge in [0.05, 0.1) is 0 Å². The van der Waals surface area contributed by atoms with E-state index < -0.39 is 0 Å². The molecule has 1 heterocycles. The Labute approximate surface area is 101 Å². The van der Waals surface area contributed by atoms with E-state index in [4.69, 9.17) is 0 Å². The van der Waals surface area contributed by atoms with Crippen LogP contribution in [0.5, 0.6) is 0 Å². The van der Waals surface area contributed by atoms with E-state index in [1.54, 1.807) is 23.1 Å². The van der Waals surface area contributed by atoms with E-state index in [1.807, 2.05) is 19.0 Å². The lowest BCUT2D eigenvalue weighted by Crippen LogP contribution is -2.07. The van der Waals surface area contributed by atoms with Gasteiger partial charge in [0.15, 0.2) is 4.34 Å². The summed E-state index contributed by atoms with van der Waals surface area (Å²) in [6.45, 7) is 0. The second-order valence-corrected chi connectivity index (χ2v) is 6.08. The molecular weight excluding hydrogens is 282 g/mol. The highest BCUT2D eigenvalue weighted by atomic mass is 79.9. The van der Waals surface area contributed by atoms with E-state index in [2.05, 4.69) is 26.1 Å². The third-order valence-corrected chi connectivity index (χ3v) is 4.40. The summed E-state index contributed by atoms with van der Waals surface area (Å²) < 4.78 is 1.07. The highest BCUT2D eigenvalue weighted by molar-refractivity contribution is 9.09. The van der Waals surface area contributed by atoms with Crippen LogP contribution in [0.25, 0.3) is 0 Å². The van der Waals surface area contributed by atoms with E-state index in [1.165, 1.54) is 12.8 Å². The summed E-state index contributed by atoms with van der Waals surface area (Å²) in [6.07, 6.45) is 2.46. The van der Waals surface area contributed by atoms with Gasteiger partial charge in [0.1, 0.15) is 0 Å². The fourth-order valence-corrected chi connectivity index (χ4v) is 3.03. The monoisotopic (exact) mass is 295 g/mol. The van der Waals surface area contributed by atoms with Crippen molar-refractivity contribution < 1.29 is 0 Å². The molecule has 1 aromatic heterocycles. The summed E-state index contributed by atoms with van der Waals surface area (Å²) in [5.74, 6) is 1.13. The second-order valence-electron chi connectivity index (χ2n) is 2.99. The van der Waals surface area contributed by atoms with Crippen molar-refractivity contribution in [1.29, 1.82) is 0 Å². The number of halogens is 1. The zero-order valence-corrected chi connectivity index (χ0v) is 11.6. The molecule has 0 amide bonds. The van der Waals surface area contributed by atoms with Crippen molar-refractivity contribution in [2.75, 3.05) is 30.1 Å². The zero-order valence-electron chi connectivity index (χ0n) is 8.36. The Kier molecular flexibility index (Phi) is 5.81. The first-order chi connectivity index (χ1) is 6.74. The molecule has 0 spiro atoms. The number of alkyl halides is 1. The minimum Gasteiger partial charge on any atom is -0.353 e. The molecule has 0 saturated carbocycles. The molecule has 1 aromatic rings. The lowest BCUT2D eigenvalue weighted by Gasteiger charge is -2.03. The van der Waals surface area contributed by atoms with Crippen molar-refractivity contribution >= 4 is 44.2 Å². The number of hydrogen-bond acceptors (Lipinski definition) is 5. The van der Waals surface area contributed by atoms with Crippen LogP contribution in [0.4, 0.5) is 5.13 Å². The molecule has 3 nitrogen and oxygen atoms in total. The first-order valence-electron chi connectivity index (χ1n) is 4.43. The third kappa shape index (κ3) is 4.14. The molecule has 0 saturated heterocycles. The molecule has 0 radical (unpaired) electrons. The zero-order chi connectivity index (χ0) is 10.4. The maximum absolute atomic E-state index is 4.11. The van der Waals surface area contributed by atoms with Gasteiger partial charge >= 0.3 is 0 Å². The Balaban J connectivity index is 2.29. The van der Waals surface area contributed by atoms with Gasteiger partial charge in [0.2, 0.25) is 5.13 Å². The van der Waals surface area contributed by atoms with Gasteiger partial charge in [-0.15, -0.1) is 10.2 Å². The largest absolute Gasteiger partial charge is 0.353 e. The van der Waals surface area contributed by atoms with Gasteiger partial charge in [0.25, 0.3) is 0 Å². The van der Waals surface area contributed by atoms with Crippen LogP contribution in [0.2, 0.25) is 0 Å². The summed E-state index contributed by atoms with van der Waals surface area (Å²) in [6, 6.07) is 0. The van der Waals surface area contributed by atoms with E-state index in [0.717, 1.165) is 20.6 Å². The van der Waals surface area contributed by atoms with E-state index in [-0.39, 0.29) is 0 Å². The topological polar surface area (TPSA) is 29.0 Å². The Morgan fingerprint density at radius 2 is 2.14 bits per heavy atom.